The summed E-state index contributed by atoms with van der Waals surface area (Å²) in [5.74, 6) is -0.0217. The molecule has 0 atom stereocenters. The van der Waals surface area contributed by atoms with Crippen LogP contribution in [0, 0.1) is 0 Å². The molecule has 1 heterocycles. The van der Waals surface area contributed by atoms with Crippen LogP contribution in [0.15, 0.2) is 16.9 Å². The topological polar surface area (TPSA) is 53.1 Å². The van der Waals surface area contributed by atoms with Gasteiger partial charge in [0, 0.05) is 10.4 Å². The van der Waals surface area contributed by atoms with E-state index in [0.29, 0.717) is 32.9 Å². The summed E-state index contributed by atoms with van der Waals surface area (Å²) in [4.78, 5) is 14.6. The van der Waals surface area contributed by atoms with Crippen molar-refractivity contribution in [2.24, 2.45) is 0 Å². The fraction of sp³-hybridized carbons (Fsp3) is 0.308. The first-order chi connectivity index (χ1) is 8.54. The van der Waals surface area contributed by atoms with Gasteiger partial charge in [-0.3, -0.25) is 4.79 Å². The minimum atomic E-state index is -0.294. The lowest BCUT2D eigenvalue weighted by atomic mass is 10.1. The average molecular weight is 286 g/mol. The smallest absolute Gasteiger partial charge is 0.255 e. The van der Waals surface area contributed by atoms with E-state index in [2.05, 4.69) is 4.98 Å². The Kier molecular flexibility index (Phi) is 3.83. The van der Waals surface area contributed by atoms with E-state index in [1.54, 1.807) is 6.07 Å². The number of H-pyrrole nitrogens is 1. The molecule has 1 aromatic carbocycles. The molecule has 5 heteroatoms. The van der Waals surface area contributed by atoms with Crippen molar-refractivity contribution in [1.29, 1.82) is 0 Å². The number of aromatic nitrogens is 1. The highest BCUT2D eigenvalue weighted by molar-refractivity contribution is 6.38. The van der Waals surface area contributed by atoms with Crippen LogP contribution in [0.4, 0.5) is 0 Å². The van der Waals surface area contributed by atoms with E-state index < -0.39 is 0 Å². The van der Waals surface area contributed by atoms with Crippen LogP contribution in [0.1, 0.15) is 25.3 Å². The Labute approximate surface area is 114 Å². The van der Waals surface area contributed by atoms with E-state index in [-0.39, 0.29) is 11.3 Å². The quantitative estimate of drug-likeness (QED) is 0.899. The number of hydrogen-bond acceptors (Lipinski definition) is 2. The second-order valence-corrected chi connectivity index (χ2v) is 5.04. The third-order valence-corrected chi connectivity index (χ3v) is 3.41. The van der Waals surface area contributed by atoms with Crippen molar-refractivity contribution in [2.45, 2.75) is 26.2 Å². The van der Waals surface area contributed by atoms with E-state index in [4.69, 9.17) is 23.2 Å². The summed E-state index contributed by atoms with van der Waals surface area (Å²) in [7, 11) is 0. The Balaban J connectivity index is 2.72. The number of aromatic hydroxyl groups is 1. The second kappa shape index (κ2) is 5.21. The standard InChI is InChI=1S/C13H13Cl2NO2/c1-2-3-4-8-12(17)9-5-7(14)6-10(15)11(9)16-13(8)18/h5-6H,2-4H2,1H3,(H2,16,17,18). The summed E-state index contributed by atoms with van der Waals surface area (Å²) in [6, 6.07) is 3.13. The van der Waals surface area contributed by atoms with Gasteiger partial charge in [-0.05, 0) is 25.0 Å². The number of nitrogens with one attached hydrogen (secondary N) is 1. The van der Waals surface area contributed by atoms with E-state index in [0.717, 1.165) is 12.8 Å². The number of pyridine rings is 1. The van der Waals surface area contributed by atoms with Crippen molar-refractivity contribution >= 4 is 34.1 Å². The van der Waals surface area contributed by atoms with Gasteiger partial charge in [0.15, 0.2) is 0 Å². The molecule has 1 aromatic heterocycles. The van der Waals surface area contributed by atoms with E-state index >= 15 is 0 Å². The van der Waals surface area contributed by atoms with Crippen LogP contribution >= 0.6 is 23.2 Å². The normalized spacial score (nSPS) is 11.1. The second-order valence-electron chi connectivity index (χ2n) is 4.20. The lowest BCUT2D eigenvalue weighted by Crippen LogP contribution is -2.13. The maximum Gasteiger partial charge on any atom is 0.255 e. The van der Waals surface area contributed by atoms with Gasteiger partial charge >= 0.3 is 0 Å². The summed E-state index contributed by atoms with van der Waals surface area (Å²) in [5, 5.41) is 11.4. The van der Waals surface area contributed by atoms with Crippen LogP contribution in [-0.4, -0.2) is 10.1 Å². The number of benzene rings is 1. The lowest BCUT2D eigenvalue weighted by molar-refractivity contribution is 0.471. The Hall–Kier alpha value is -1.19. The molecule has 0 aliphatic heterocycles. The van der Waals surface area contributed by atoms with Crippen molar-refractivity contribution in [2.75, 3.05) is 0 Å². The first-order valence-corrected chi connectivity index (χ1v) is 6.53. The van der Waals surface area contributed by atoms with Crippen LogP contribution in [0.25, 0.3) is 10.9 Å². The van der Waals surface area contributed by atoms with Crippen LogP contribution in [0.2, 0.25) is 10.0 Å². The molecule has 0 radical (unpaired) electrons. The molecule has 0 aliphatic rings. The fourth-order valence-electron chi connectivity index (χ4n) is 1.93. The van der Waals surface area contributed by atoms with Crippen molar-refractivity contribution < 1.29 is 5.11 Å². The van der Waals surface area contributed by atoms with Gasteiger partial charge in [0.2, 0.25) is 0 Å². The van der Waals surface area contributed by atoms with E-state index in [1.807, 2.05) is 6.92 Å². The summed E-state index contributed by atoms with van der Waals surface area (Å²) in [6.45, 7) is 2.03. The first-order valence-electron chi connectivity index (χ1n) is 5.77. The van der Waals surface area contributed by atoms with Crippen molar-refractivity contribution in [1.82, 2.24) is 4.98 Å². The molecule has 0 saturated heterocycles. The van der Waals surface area contributed by atoms with Gasteiger partial charge in [-0.2, -0.15) is 0 Å². The summed E-state index contributed by atoms with van der Waals surface area (Å²) < 4.78 is 0. The molecule has 0 bridgehead atoms. The molecule has 2 N–H and O–H groups in total. The van der Waals surface area contributed by atoms with Gasteiger partial charge in [0.25, 0.3) is 5.56 Å². The van der Waals surface area contributed by atoms with Crippen LogP contribution in [0.3, 0.4) is 0 Å². The Morgan fingerprint density at radius 2 is 2.06 bits per heavy atom. The highest BCUT2D eigenvalue weighted by Gasteiger charge is 2.13. The first kappa shape index (κ1) is 13.2. The summed E-state index contributed by atoms with van der Waals surface area (Å²) in [6.07, 6.45) is 2.33. The summed E-state index contributed by atoms with van der Waals surface area (Å²) >= 11 is 11.9. The molecule has 96 valence electrons. The van der Waals surface area contributed by atoms with Gasteiger partial charge in [0.1, 0.15) is 5.75 Å². The van der Waals surface area contributed by atoms with Crippen molar-refractivity contribution in [3.63, 3.8) is 0 Å². The third-order valence-electron chi connectivity index (χ3n) is 2.89. The number of halogens is 2. The maximum atomic E-state index is 11.9. The molecule has 0 fully saturated rings. The highest BCUT2D eigenvalue weighted by Crippen LogP contribution is 2.32. The fourth-order valence-corrected chi connectivity index (χ4v) is 2.47. The van der Waals surface area contributed by atoms with E-state index in [1.165, 1.54) is 6.07 Å². The van der Waals surface area contributed by atoms with Crippen molar-refractivity contribution in [3.8, 4) is 5.75 Å². The largest absolute Gasteiger partial charge is 0.507 e. The summed E-state index contributed by atoms with van der Waals surface area (Å²) in [5.41, 5.74) is 0.518. The Morgan fingerprint density at radius 3 is 2.72 bits per heavy atom. The van der Waals surface area contributed by atoms with Gasteiger partial charge in [-0.15, -0.1) is 0 Å². The molecule has 2 aromatic rings. The van der Waals surface area contributed by atoms with Gasteiger partial charge in [-0.1, -0.05) is 36.5 Å². The molecule has 2 rings (SSSR count). The van der Waals surface area contributed by atoms with Crippen LogP contribution < -0.4 is 5.56 Å². The monoisotopic (exact) mass is 285 g/mol. The molecule has 18 heavy (non-hydrogen) atoms. The number of aromatic amines is 1. The van der Waals surface area contributed by atoms with Gasteiger partial charge in [0.05, 0.1) is 16.1 Å². The SMILES string of the molecule is CCCCc1c(O)c2cc(Cl)cc(Cl)c2[nH]c1=O. The van der Waals surface area contributed by atoms with Gasteiger partial charge < -0.3 is 10.1 Å². The van der Waals surface area contributed by atoms with Crippen molar-refractivity contribution in [3.05, 3.63) is 38.1 Å². The van der Waals surface area contributed by atoms with Crippen LogP contribution in [-0.2, 0) is 6.42 Å². The molecule has 0 unspecified atom stereocenters. The Morgan fingerprint density at radius 1 is 1.33 bits per heavy atom. The molecule has 0 spiro atoms. The number of rotatable bonds is 3. The molecule has 0 amide bonds. The predicted octanol–water partition coefficient (Wildman–Crippen LogP) is 3.88. The highest BCUT2D eigenvalue weighted by atomic mass is 35.5. The molecular weight excluding hydrogens is 273 g/mol. The molecule has 0 saturated carbocycles. The van der Waals surface area contributed by atoms with Crippen LogP contribution in [0.5, 0.6) is 5.75 Å². The molecular formula is C13H13Cl2NO2. The number of unbranched alkanes of at least 4 members (excludes halogenated alkanes) is 1. The zero-order valence-corrected chi connectivity index (χ0v) is 11.4. The number of hydrogen-bond donors (Lipinski definition) is 2. The minimum Gasteiger partial charge on any atom is -0.507 e. The zero-order chi connectivity index (χ0) is 13.3. The third kappa shape index (κ3) is 2.33. The zero-order valence-electron chi connectivity index (χ0n) is 9.89. The predicted molar refractivity (Wildman–Crippen MR) is 74.9 cm³/mol. The lowest BCUT2D eigenvalue weighted by Gasteiger charge is -2.08. The van der Waals surface area contributed by atoms with E-state index in [9.17, 15) is 9.90 Å². The number of fused-ring (bicyclic) bond motifs is 1. The molecule has 0 aliphatic carbocycles. The Bertz CT molecular complexity index is 649. The van der Waals surface area contributed by atoms with Gasteiger partial charge in [-0.25, -0.2) is 0 Å². The molecule has 3 nitrogen and oxygen atoms in total. The maximum absolute atomic E-state index is 11.9. The minimum absolute atomic E-state index is 0.0217. The average Bonchev–Trinajstić information content (AvgIpc) is 2.31.